The Morgan fingerprint density at radius 2 is 0.943 bits per heavy atom. The highest BCUT2D eigenvalue weighted by Crippen LogP contribution is 2.39. The molecule has 0 aliphatic carbocycles. The SMILES string of the molecule is C#Cc1ccc(CN(CCO)CC2CCCCN2C(=O)OCC=C)cc1.C#Cc1ccc(CN(CCO[Si](c2ccccc2)(c2ccccc2)C(C)(C)C)CC2CCCCN2C(=O)OCC=C)cc1.CC(C)(C)[Si](Cl)(c1ccccc1)c1ccccc1. The zero-order valence-corrected chi connectivity index (χ0v) is 55.2. The molecule has 10 nitrogen and oxygen atoms in total. The molecule has 0 aromatic heterocycles. The van der Waals surface area contributed by atoms with Crippen molar-refractivity contribution in [3.05, 3.63) is 217 Å². The molecule has 13 heteroatoms. The van der Waals surface area contributed by atoms with Crippen LogP contribution in [0.2, 0.25) is 10.1 Å². The van der Waals surface area contributed by atoms with Crippen molar-refractivity contribution in [2.45, 2.75) is 115 Å². The Hall–Kier alpha value is -6.98. The Labute approximate surface area is 528 Å². The number of likely N-dealkylation sites (tertiary alicyclic amines) is 2. The molecular formula is C74H93ClN4O6Si2. The van der Waals surface area contributed by atoms with Crippen molar-refractivity contribution in [3.63, 3.8) is 0 Å². The standard InChI is InChI=1S/C37H46N2O3Si.C21H28N2O3.C16H19ClSi/c1-6-27-41-36(40)39-25-15-14-16-33(39)30-38(29-32-23-21-31(7-2)22-24-32)26-28-42-43(37(3,4)5,34-17-10-8-11-18-34)35-19-12-9-13-20-35;1-3-15-26-21(25)23-12-6-5-7-20(23)17-22(13-14-24)16-19-10-8-18(4-2)9-11-19;1-16(2,3)18(17,14-10-6-4-7-11-14)15-12-8-5-9-13-15/h2,6,8-13,17-24,33H,1,14-16,25-30H2,3-5H3;2-3,8-11,20,24H,1,5-7,12-17H2;4-13H,1-3H3. The molecule has 8 rings (SSSR count). The maximum atomic E-state index is 12.9. The number of ether oxygens (including phenoxy) is 2. The van der Waals surface area contributed by atoms with Gasteiger partial charge in [-0.15, -0.1) is 12.8 Å². The fraction of sp³-hybridized carbons (Fsp3) is 0.378. The lowest BCUT2D eigenvalue weighted by atomic mass is 10.0. The highest BCUT2D eigenvalue weighted by Gasteiger charge is 2.50. The number of carbonyl (C=O) groups excluding carboxylic acids is 2. The third kappa shape index (κ3) is 19.5. The summed E-state index contributed by atoms with van der Waals surface area (Å²) in [5, 5.41) is 14.5. The summed E-state index contributed by atoms with van der Waals surface area (Å²) in [5.41, 5.74) is 4.04. The lowest BCUT2D eigenvalue weighted by molar-refractivity contribution is 0.0619. The maximum Gasteiger partial charge on any atom is 0.410 e. The number of aliphatic hydroxyl groups is 1. The number of aliphatic hydroxyl groups excluding tert-OH is 1. The Balaban J connectivity index is 0.000000232. The largest absolute Gasteiger partial charge is 0.445 e. The Morgan fingerprint density at radius 1 is 0.575 bits per heavy atom. The maximum absolute atomic E-state index is 12.9. The molecule has 0 radical (unpaired) electrons. The molecule has 2 unspecified atom stereocenters. The minimum atomic E-state index is -2.66. The quantitative estimate of drug-likeness (QED) is 0.0311. The minimum absolute atomic E-state index is 0.0667. The van der Waals surface area contributed by atoms with E-state index in [9.17, 15) is 14.7 Å². The summed E-state index contributed by atoms with van der Waals surface area (Å²) in [4.78, 5) is 33.6. The summed E-state index contributed by atoms with van der Waals surface area (Å²) in [5.74, 6) is 5.32. The fourth-order valence-electron chi connectivity index (χ4n) is 11.9. The zero-order valence-electron chi connectivity index (χ0n) is 52.4. The van der Waals surface area contributed by atoms with Gasteiger partial charge in [0.15, 0.2) is 0 Å². The van der Waals surface area contributed by atoms with Crippen molar-refractivity contribution < 1.29 is 28.6 Å². The first-order chi connectivity index (χ1) is 41.9. The molecule has 0 spiro atoms. The Bertz CT molecular complexity index is 3030. The molecule has 6 aromatic rings. The van der Waals surface area contributed by atoms with Crippen LogP contribution in [0.1, 0.15) is 102 Å². The van der Waals surface area contributed by atoms with Crippen LogP contribution in [0.15, 0.2) is 195 Å². The number of halogens is 1. The number of amides is 2. The molecule has 2 aliphatic rings. The van der Waals surface area contributed by atoms with Crippen LogP contribution >= 0.6 is 11.1 Å². The van der Waals surface area contributed by atoms with E-state index in [2.05, 4.69) is 198 Å². The molecule has 2 fully saturated rings. The fourth-order valence-corrected chi connectivity index (χ4v) is 20.6. The van der Waals surface area contributed by atoms with Crippen LogP contribution in [-0.2, 0) is 27.0 Å². The zero-order chi connectivity index (χ0) is 62.7. The van der Waals surface area contributed by atoms with Gasteiger partial charge in [-0.3, -0.25) is 9.80 Å². The molecule has 2 atom stereocenters. The van der Waals surface area contributed by atoms with Gasteiger partial charge in [0, 0.05) is 82.2 Å². The van der Waals surface area contributed by atoms with Crippen LogP contribution in [0, 0.1) is 24.7 Å². The third-order valence-corrected chi connectivity index (χ3v) is 28.7. The first kappa shape index (κ1) is 69.1. The van der Waals surface area contributed by atoms with E-state index in [1.807, 2.05) is 58.3 Å². The van der Waals surface area contributed by atoms with Crippen molar-refractivity contribution in [2.75, 3.05) is 65.7 Å². The second-order valence-corrected chi connectivity index (χ2v) is 34.4. The smallest absolute Gasteiger partial charge is 0.410 e. The van der Waals surface area contributed by atoms with Crippen molar-refractivity contribution in [3.8, 4) is 24.7 Å². The summed E-state index contributed by atoms with van der Waals surface area (Å²) < 4.78 is 17.9. The molecule has 0 bridgehead atoms. The van der Waals surface area contributed by atoms with E-state index in [4.69, 9.17) is 37.8 Å². The van der Waals surface area contributed by atoms with E-state index in [0.717, 1.165) is 74.8 Å². The Kier molecular flexibility index (Phi) is 27.4. The molecule has 2 amide bonds. The van der Waals surface area contributed by atoms with E-state index < -0.39 is 15.7 Å². The summed E-state index contributed by atoms with van der Waals surface area (Å²) in [6.45, 7) is 27.6. The van der Waals surface area contributed by atoms with Crippen molar-refractivity contribution in [2.24, 2.45) is 0 Å². The van der Waals surface area contributed by atoms with E-state index in [0.29, 0.717) is 39.3 Å². The van der Waals surface area contributed by atoms with Gasteiger partial charge in [0.1, 0.15) is 13.2 Å². The second-order valence-electron chi connectivity index (χ2n) is 24.4. The highest BCUT2D eigenvalue weighted by atomic mass is 35.6. The summed E-state index contributed by atoms with van der Waals surface area (Å²) in [6.07, 6.45) is 19.7. The van der Waals surface area contributed by atoms with Gasteiger partial charge in [0.25, 0.3) is 8.32 Å². The van der Waals surface area contributed by atoms with Crippen LogP contribution in [0.4, 0.5) is 9.59 Å². The molecule has 2 heterocycles. The van der Waals surface area contributed by atoms with Gasteiger partial charge in [-0.05, 0) is 105 Å². The molecule has 0 saturated carbocycles. The van der Waals surface area contributed by atoms with Crippen molar-refractivity contribution in [1.29, 1.82) is 0 Å². The number of hydrogen-bond acceptors (Lipinski definition) is 8. The van der Waals surface area contributed by atoms with Gasteiger partial charge in [-0.25, -0.2) is 9.59 Å². The number of benzene rings is 6. The Morgan fingerprint density at radius 3 is 1.28 bits per heavy atom. The van der Waals surface area contributed by atoms with Crippen molar-refractivity contribution >= 4 is 59.7 Å². The van der Waals surface area contributed by atoms with Gasteiger partial charge < -0.3 is 28.8 Å². The normalized spacial score (nSPS) is 15.4. The van der Waals surface area contributed by atoms with Crippen LogP contribution in [0.25, 0.3) is 0 Å². The van der Waals surface area contributed by atoms with Crippen LogP contribution in [-0.4, -0.2) is 130 Å². The lowest BCUT2D eigenvalue weighted by Crippen LogP contribution is -2.67. The molecule has 87 heavy (non-hydrogen) atoms. The third-order valence-electron chi connectivity index (χ3n) is 16.3. The van der Waals surface area contributed by atoms with Crippen LogP contribution in [0.3, 0.4) is 0 Å². The summed E-state index contributed by atoms with van der Waals surface area (Å²) >= 11 is 7.21. The van der Waals surface area contributed by atoms with E-state index in [1.165, 1.54) is 26.3 Å². The van der Waals surface area contributed by atoms with Crippen molar-refractivity contribution in [1.82, 2.24) is 19.6 Å². The van der Waals surface area contributed by atoms with Crippen LogP contribution in [0.5, 0.6) is 0 Å². The summed E-state index contributed by atoms with van der Waals surface area (Å²) in [6, 6.07) is 58.8. The van der Waals surface area contributed by atoms with Gasteiger partial charge in [0.2, 0.25) is 7.38 Å². The van der Waals surface area contributed by atoms with Gasteiger partial charge in [-0.2, -0.15) is 11.1 Å². The van der Waals surface area contributed by atoms with Gasteiger partial charge in [-0.1, -0.05) is 224 Å². The number of carbonyl (C=O) groups is 2. The van der Waals surface area contributed by atoms with Crippen LogP contribution < -0.4 is 20.7 Å². The molecule has 2 saturated heterocycles. The monoisotopic (exact) mass is 1220 g/mol. The molecule has 460 valence electrons. The predicted molar refractivity (Wildman–Crippen MR) is 365 cm³/mol. The first-order valence-corrected chi connectivity index (χ1v) is 35.6. The number of piperidine rings is 2. The highest BCUT2D eigenvalue weighted by molar-refractivity contribution is 7.35. The average Bonchev–Trinajstić information content (AvgIpc) is 0.872. The number of rotatable bonds is 22. The molecule has 6 aromatic carbocycles. The molecule has 2 aliphatic heterocycles. The molecule has 1 N–H and O–H groups in total. The number of terminal acetylenes is 2. The first-order valence-electron chi connectivity index (χ1n) is 30.7. The van der Waals surface area contributed by atoms with Gasteiger partial charge >= 0.3 is 12.2 Å². The van der Waals surface area contributed by atoms with E-state index in [1.54, 1.807) is 12.2 Å². The predicted octanol–water partition coefficient (Wildman–Crippen LogP) is 12.6. The topological polar surface area (TPSA) is 95.0 Å². The average molecular weight is 1230 g/mol. The number of nitrogens with zero attached hydrogens (tertiary/aromatic N) is 4. The number of hydrogen-bond donors (Lipinski definition) is 1. The lowest BCUT2D eigenvalue weighted by Gasteiger charge is -2.43. The van der Waals surface area contributed by atoms with E-state index >= 15 is 0 Å². The van der Waals surface area contributed by atoms with E-state index in [-0.39, 0.29) is 54.2 Å². The minimum Gasteiger partial charge on any atom is -0.445 e. The summed E-state index contributed by atoms with van der Waals surface area (Å²) in [7, 11) is -4.89. The second kappa shape index (κ2) is 34.5. The van der Waals surface area contributed by atoms with Gasteiger partial charge in [0.05, 0.1) is 6.61 Å². The molecular weight excluding hydrogens is 1130 g/mol.